The molecular weight excluding hydrogens is 555 g/mol. The zero-order valence-electron chi connectivity index (χ0n) is 18.7. The number of amides is 1. The van der Waals surface area contributed by atoms with Gasteiger partial charge in [-0.05, 0) is 36.6 Å². The minimum absolute atomic E-state index is 0.00497. The Kier molecular flexibility index (Phi) is 8.81. The molecule has 1 amide bonds. The highest BCUT2D eigenvalue weighted by Crippen LogP contribution is 2.33. The Morgan fingerprint density at radius 3 is 2.43 bits per heavy atom. The molecule has 37 heavy (non-hydrogen) atoms. The molecule has 0 bridgehead atoms. The summed E-state index contributed by atoms with van der Waals surface area (Å²) in [5.41, 5.74) is 3.88. The van der Waals surface area contributed by atoms with Crippen molar-refractivity contribution in [2.75, 3.05) is 13.1 Å². The number of piperidine rings is 1. The first-order valence-corrected chi connectivity index (χ1v) is 11.4. The molecule has 1 fully saturated rings. The van der Waals surface area contributed by atoms with Crippen molar-refractivity contribution in [1.29, 1.82) is 0 Å². The minimum Gasteiger partial charge on any atom is -0.472 e. The highest BCUT2D eigenvalue weighted by molar-refractivity contribution is 6.42. The van der Waals surface area contributed by atoms with Crippen LogP contribution < -0.4 is 10.5 Å². The van der Waals surface area contributed by atoms with E-state index in [-0.39, 0.29) is 23.9 Å². The first kappa shape index (κ1) is 28.8. The third-order valence-corrected chi connectivity index (χ3v) is 6.01. The molecule has 1 saturated heterocycles. The van der Waals surface area contributed by atoms with Gasteiger partial charge < -0.3 is 14.4 Å². The van der Waals surface area contributed by atoms with E-state index in [1.807, 2.05) is 0 Å². The number of nitrogens with two attached hydrogens (primary N) is 1. The summed E-state index contributed by atoms with van der Waals surface area (Å²) in [6.45, 7) is 0.391. The van der Waals surface area contributed by atoms with Crippen molar-refractivity contribution in [1.82, 2.24) is 9.88 Å². The summed E-state index contributed by atoms with van der Waals surface area (Å²) in [6.07, 6.45) is -12.5. The number of nitrogens with zero attached hydrogens (tertiary/aromatic N) is 2. The van der Waals surface area contributed by atoms with Crippen LogP contribution >= 0.6 is 23.2 Å². The van der Waals surface area contributed by atoms with Crippen molar-refractivity contribution in [3.63, 3.8) is 0 Å². The molecule has 0 radical (unpaired) electrons. The lowest BCUT2D eigenvalue weighted by atomic mass is 10.1. The van der Waals surface area contributed by atoms with Crippen molar-refractivity contribution in [2.24, 2.45) is 5.73 Å². The number of carbonyl (C=O) groups is 2. The Labute approximate surface area is 216 Å². The summed E-state index contributed by atoms with van der Waals surface area (Å²) in [5.74, 6) is -3.56. The third-order valence-electron chi connectivity index (χ3n) is 5.27. The molecule has 2 atom stereocenters. The second-order valence-electron chi connectivity index (χ2n) is 8.09. The molecule has 1 aliphatic heterocycles. The normalized spacial score (nSPS) is 17.3. The second kappa shape index (κ2) is 11.3. The van der Waals surface area contributed by atoms with E-state index in [2.05, 4.69) is 9.72 Å². The van der Waals surface area contributed by atoms with Crippen LogP contribution in [0.25, 0.3) is 0 Å². The number of pyridine rings is 1. The number of alkyl halides is 6. The summed E-state index contributed by atoms with van der Waals surface area (Å²) in [7, 11) is 0. The lowest BCUT2D eigenvalue weighted by Crippen LogP contribution is -2.45. The maximum absolute atomic E-state index is 13.4. The van der Waals surface area contributed by atoms with Gasteiger partial charge in [0.2, 0.25) is 11.8 Å². The zero-order valence-corrected chi connectivity index (χ0v) is 20.2. The van der Waals surface area contributed by atoms with Gasteiger partial charge in [0.15, 0.2) is 6.23 Å². The van der Waals surface area contributed by atoms with Gasteiger partial charge in [-0.15, -0.1) is 0 Å². The predicted molar refractivity (Wildman–Crippen MR) is 119 cm³/mol. The van der Waals surface area contributed by atoms with Crippen LogP contribution in [0.15, 0.2) is 30.3 Å². The molecule has 202 valence electrons. The Morgan fingerprint density at radius 1 is 1.11 bits per heavy atom. The fourth-order valence-corrected chi connectivity index (χ4v) is 3.83. The number of aromatic nitrogens is 1. The molecule has 0 saturated carbocycles. The zero-order chi connectivity index (χ0) is 27.5. The fraction of sp³-hybridized carbons (Fsp3) is 0.409. The SMILES string of the molecule is NC(OC(=O)C(F)(F)F)c1cc(O[C@H]2CCCN(C(=O)Cc3ccc(Cl)c(Cl)c3)C2)nc(C(F)(F)F)c1. The molecule has 0 spiro atoms. The van der Waals surface area contributed by atoms with E-state index in [0.717, 1.165) is 6.07 Å². The van der Waals surface area contributed by atoms with Gasteiger partial charge in [0.25, 0.3) is 0 Å². The molecule has 0 aliphatic carbocycles. The van der Waals surface area contributed by atoms with Gasteiger partial charge in [-0.25, -0.2) is 9.78 Å². The van der Waals surface area contributed by atoms with Crippen molar-refractivity contribution < 1.29 is 45.4 Å². The maximum atomic E-state index is 13.4. The molecule has 3 rings (SSSR count). The van der Waals surface area contributed by atoms with Crippen LogP contribution in [0.1, 0.15) is 35.9 Å². The van der Waals surface area contributed by atoms with Gasteiger partial charge in [0.1, 0.15) is 11.8 Å². The Bertz CT molecular complexity index is 1160. The van der Waals surface area contributed by atoms with E-state index in [1.165, 1.54) is 4.90 Å². The maximum Gasteiger partial charge on any atom is 0.490 e. The summed E-state index contributed by atoms with van der Waals surface area (Å²) >= 11 is 11.8. The summed E-state index contributed by atoms with van der Waals surface area (Å²) in [4.78, 5) is 28.6. The molecule has 2 heterocycles. The summed E-state index contributed by atoms with van der Waals surface area (Å²) in [6, 6.07) is 5.92. The van der Waals surface area contributed by atoms with Gasteiger partial charge in [0, 0.05) is 18.2 Å². The molecular formula is C22H19Cl2F6N3O4. The predicted octanol–water partition coefficient (Wildman–Crippen LogP) is 5.08. The molecule has 2 N–H and O–H groups in total. The topological polar surface area (TPSA) is 94.7 Å². The van der Waals surface area contributed by atoms with Crippen LogP contribution in [0.5, 0.6) is 5.88 Å². The van der Waals surface area contributed by atoms with Crippen LogP contribution in [0.3, 0.4) is 0 Å². The van der Waals surface area contributed by atoms with Crippen molar-refractivity contribution in [2.45, 2.75) is 43.9 Å². The highest BCUT2D eigenvalue weighted by Gasteiger charge is 2.42. The van der Waals surface area contributed by atoms with Crippen molar-refractivity contribution in [3.05, 3.63) is 57.2 Å². The number of likely N-dealkylation sites (tertiary alicyclic amines) is 1. The minimum atomic E-state index is -5.40. The Morgan fingerprint density at radius 2 is 1.81 bits per heavy atom. The lowest BCUT2D eigenvalue weighted by Gasteiger charge is -2.33. The number of hydrogen-bond acceptors (Lipinski definition) is 6. The second-order valence-corrected chi connectivity index (χ2v) is 8.91. The molecule has 2 aromatic rings. The standard InChI is InChI=1S/C22H19Cl2F6N3O4/c23-14-4-3-11(6-15(14)24)7-18(34)33-5-1-2-13(10-33)36-17-9-12(8-16(32-17)21(25,26)27)19(31)37-20(35)22(28,29)30/h3-4,6,8-9,13,19H,1-2,5,7,10,31H2/t13-,19?/m0/s1. The average Bonchev–Trinajstić information content (AvgIpc) is 2.80. The molecule has 1 aromatic heterocycles. The number of hydrogen-bond donors (Lipinski definition) is 1. The van der Waals surface area contributed by atoms with Crippen LogP contribution in [0.4, 0.5) is 26.3 Å². The van der Waals surface area contributed by atoms with Crippen LogP contribution in [0.2, 0.25) is 10.0 Å². The molecule has 1 aromatic carbocycles. The van der Waals surface area contributed by atoms with Gasteiger partial charge in [-0.3, -0.25) is 10.5 Å². The van der Waals surface area contributed by atoms with Gasteiger partial charge in [-0.1, -0.05) is 29.3 Å². The van der Waals surface area contributed by atoms with Gasteiger partial charge >= 0.3 is 18.3 Å². The van der Waals surface area contributed by atoms with Crippen molar-refractivity contribution in [3.8, 4) is 5.88 Å². The molecule has 1 aliphatic rings. The number of benzene rings is 1. The lowest BCUT2D eigenvalue weighted by molar-refractivity contribution is -0.205. The quantitative estimate of drug-likeness (QED) is 0.294. The van der Waals surface area contributed by atoms with E-state index in [9.17, 15) is 35.9 Å². The van der Waals surface area contributed by atoms with Gasteiger partial charge in [-0.2, -0.15) is 26.3 Å². The number of esters is 1. The molecule has 7 nitrogen and oxygen atoms in total. The van der Waals surface area contributed by atoms with E-state index in [0.29, 0.717) is 36.0 Å². The smallest absolute Gasteiger partial charge is 0.472 e. The first-order chi connectivity index (χ1) is 17.1. The van der Waals surface area contributed by atoms with E-state index < -0.39 is 47.8 Å². The van der Waals surface area contributed by atoms with Crippen LogP contribution in [-0.4, -0.2) is 47.1 Å². The van der Waals surface area contributed by atoms with Gasteiger partial charge in [0.05, 0.1) is 23.0 Å². The summed E-state index contributed by atoms with van der Waals surface area (Å²) < 4.78 is 87.0. The van der Waals surface area contributed by atoms with Crippen molar-refractivity contribution >= 4 is 35.1 Å². The largest absolute Gasteiger partial charge is 0.490 e. The monoisotopic (exact) mass is 573 g/mol. The Balaban J connectivity index is 1.74. The average molecular weight is 574 g/mol. The highest BCUT2D eigenvalue weighted by atomic mass is 35.5. The fourth-order valence-electron chi connectivity index (χ4n) is 3.51. The van der Waals surface area contributed by atoms with E-state index in [1.54, 1.807) is 18.2 Å². The van der Waals surface area contributed by atoms with E-state index >= 15 is 0 Å². The third kappa shape index (κ3) is 7.86. The Hall–Kier alpha value is -2.77. The van der Waals surface area contributed by atoms with E-state index in [4.69, 9.17) is 33.7 Å². The molecule has 1 unspecified atom stereocenters. The molecule has 15 heteroatoms. The number of halogens is 8. The number of ether oxygens (including phenoxy) is 2. The van der Waals surface area contributed by atoms with Crippen LogP contribution in [-0.2, 0) is 26.9 Å². The number of carbonyl (C=O) groups excluding carboxylic acids is 2. The first-order valence-electron chi connectivity index (χ1n) is 10.6. The van der Waals surface area contributed by atoms with Crippen LogP contribution in [0, 0.1) is 0 Å². The summed E-state index contributed by atoms with van der Waals surface area (Å²) in [5, 5.41) is 0.600. The number of rotatable bonds is 6.